The molecule has 0 amide bonds. The second-order valence-electron chi connectivity index (χ2n) is 5.67. The number of esters is 1. The molecule has 0 aromatic heterocycles. The second kappa shape index (κ2) is 8.59. The minimum absolute atomic E-state index is 0.0109. The predicted molar refractivity (Wildman–Crippen MR) is 99.8 cm³/mol. The van der Waals surface area contributed by atoms with Crippen LogP contribution in [0, 0.1) is 0 Å². The monoisotopic (exact) mass is 405 g/mol. The van der Waals surface area contributed by atoms with Crippen LogP contribution in [-0.2, 0) is 9.53 Å². The first kappa shape index (κ1) is 20.1. The lowest BCUT2D eigenvalue weighted by Crippen LogP contribution is -2.07. The zero-order valence-corrected chi connectivity index (χ0v) is 15.8. The van der Waals surface area contributed by atoms with Crippen LogP contribution in [0.25, 0.3) is 6.08 Å². The van der Waals surface area contributed by atoms with Gasteiger partial charge in [-0.3, -0.25) is 0 Å². The number of cyclic esters (lactones) is 1. The van der Waals surface area contributed by atoms with E-state index in [9.17, 15) is 13.6 Å². The molecule has 0 atom stereocenters. The van der Waals surface area contributed by atoms with Crippen LogP contribution in [0.15, 0.2) is 47.1 Å². The van der Waals surface area contributed by atoms with Crippen molar-refractivity contribution in [2.75, 3.05) is 21.3 Å². The summed E-state index contributed by atoms with van der Waals surface area (Å²) in [6, 6.07) is 9.78. The van der Waals surface area contributed by atoms with Crippen LogP contribution in [0.3, 0.4) is 0 Å². The number of benzene rings is 2. The van der Waals surface area contributed by atoms with Gasteiger partial charge in [0.1, 0.15) is 5.75 Å². The van der Waals surface area contributed by atoms with Crippen molar-refractivity contribution < 1.29 is 37.3 Å². The minimum Gasteiger partial charge on any atom is -0.496 e. The van der Waals surface area contributed by atoms with Gasteiger partial charge in [0.05, 0.1) is 26.9 Å². The third-order valence-corrected chi connectivity index (χ3v) is 3.95. The number of methoxy groups -OCH3 is 3. The fourth-order valence-electron chi connectivity index (χ4n) is 2.69. The average molecular weight is 405 g/mol. The summed E-state index contributed by atoms with van der Waals surface area (Å²) >= 11 is 0. The van der Waals surface area contributed by atoms with E-state index in [-0.39, 0.29) is 28.8 Å². The summed E-state index contributed by atoms with van der Waals surface area (Å²) in [7, 11) is 4.09. The molecule has 0 radical (unpaired) electrons. The van der Waals surface area contributed by atoms with Gasteiger partial charge in [0.25, 0.3) is 0 Å². The van der Waals surface area contributed by atoms with Crippen molar-refractivity contribution in [2.24, 2.45) is 4.99 Å². The van der Waals surface area contributed by atoms with E-state index in [1.807, 2.05) is 0 Å². The topological polar surface area (TPSA) is 75.6 Å². The van der Waals surface area contributed by atoms with E-state index in [1.54, 1.807) is 24.3 Å². The highest BCUT2D eigenvalue weighted by Gasteiger charge is 2.26. The fourth-order valence-corrected chi connectivity index (χ4v) is 2.69. The molecule has 2 aromatic carbocycles. The molecule has 152 valence electrons. The number of hydrogen-bond donors (Lipinski definition) is 0. The van der Waals surface area contributed by atoms with Gasteiger partial charge in [-0.25, -0.2) is 9.79 Å². The Labute approximate surface area is 165 Å². The third-order valence-electron chi connectivity index (χ3n) is 3.95. The van der Waals surface area contributed by atoms with Crippen molar-refractivity contribution in [2.45, 2.75) is 6.61 Å². The molecule has 0 fully saturated rings. The number of carbonyl (C=O) groups excluding carboxylic acids is 1. The maximum absolute atomic E-state index is 12.7. The number of aliphatic imine (C=N–C) groups is 1. The van der Waals surface area contributed by atoms with Gasteiger partial charge in [0.2, 0.25) is 11.6 Å². The lowest BCUT2D eigenvalue weighted by molar-refractivity contribution is -0.129. The van der Waals surface area contributed by atoms with Crippen molar-refractivity contribution in [3.05, 3.63) is 53.2 Å². The zero-order valence-electron chi connectivity index (χ0n) is 15.8. The maximum atomic E-state index is 12.7. The normalized spacial score (nSPS) is 14.6. The standard InChI is InChI=1S/C20H17F2NO6/c1-25-14-7-5-4-6-12(14)18-23-13(19(24)29-18)8-11-9-15(26-2)17(28-20(21)22)16(10-11)27-3/h4-10,20H,1-3H3/b13-8-. The highest BCUT2D eigenvalue weighted by Crippen LogP contribution is 2.40. The van der Waals surface area contributed by atoms with Crippen LogP contribution in [0.5, 0.6) is 23.0 Å². The van der Waals surface area contributed by atoms with Gasteiger partial charge in [-0.1, -0.05) is 12.1 Å². The second-order valence-corrected chi connectivity index (χ2v) is 5.67. The van der Waals surface area contributed by atoms with Crippen LogP contribution in [0.1, 0.15) is 11.1 Å². The first-order valence-corrected chi connectivity index (χ1v) is 8.33. The molecule has 2 aromatic rings. The number of carbonyl (C=O) groups is 1. The molecule has 7 nitrogen and oxygen atoms in total. The van der Waals surface area contributed by atoms with E-state index < -0.39 is 12.6 Å². The fraction of sp³-hybridized carbons (Fsp3) is 0.200. The minimum atomic E-state index is -3.06. The van der Waals surface area contributed by atoms with Crippen LogP contribution >= 0.6 is 0 Å². The van der Waals surface area contributed by atoms with Crippen molar-refractivity contribution in [1.82, 2.24) is 0 Å². The smallest absolute Gasteiger partial charge is 0.387 e. The Kier molecular flexibility index (Phi) is 5.96. The largest absolute Gasteiger partial charge is 0.496 e. The van der Waals surface area contributed by atoms with Crippen molar-refractivity contribution in [3.8, 4) is 23.0 Å². The molecule has 0 N–H and O–H groups in total. The van der Waals surface area contributed by atoms with Gasteiger partial charge in [-0.2, -0.15) is 8.78 Å². The number of nitrogens with zero attached hydrogens (tertiary/aromatic N) is 1. The summed E-state index contributed by atoms with van der Waals surface area (Å²) in [6.07, 6.45) is 1.42. The van der Waals surface area contributed by atoms with Crippen LogP contribution in [-0.4, -0.2) is 39.8 Å². The van der Waals surface area contributed by atoms with Gasteiger partial charge in [0.15, 0.2) is 17.2 Å². The number of alkyl halides is 2. The number of halogens is 2. The molecular weight excluding hydrogens is 388 g/mol. The van der Waals surface area contributed by atoms with E-state index in [0.29, 0.717) is 16.9 Å². The first-order chi connectivity index (χ1) is 14.0. The van der Waals surface area contributed by atoms with Crippen molar-refractivity contribution in [1.29, 1.82) is 0 Å². The zero-order chi connectivity index (χ0) is 21.0. The highest BCUT2D eigenvalue weighted by molar-refractivity contribution is 6.13. The molecule has 0 saturated carbocycles. The molecule has 1 aliphatic heterocycles. The summed E-state index contributed by atoms with van der Waals surface area (Å²) in [5, 5.41) is 0. The van der Waals surface area contributed by atoms with E-state index in [2.05, 4.69) is 9.73 Å². The van der Waals surface area contributed by atoms with Crippen LogP contribution < -0.4 is 18.9 Å². The van der Waals surface area contributed by atoms with Crippen LogP contribution in [0.4, 0.5) is 8.78 Å². The van der Waals surface area contributed by atoms with E-state index >= 15 is 0 Å². The van der Waals surface area contributed by atoms with Gasteiger partial charge in [-0.05, 0) is 35.9 Å². The Morgan fingerprint density at radius 2 is 1.62 bits per heavy atom. The summed E-state index contributed by atoms with van der Waals surface area (Å²) in [4.78, 5) is 16.5. The van der Waals surface area contributed by atoms with E-state index in [4.69, 9.17) is 18.9 Å². The summed E-state index contributed by atoms with van der Waals surface area (Å²) in [5.41, 5.74) is 0.942. The van der Waals surface area contributed by atoms with Crippen molar-refractivity contribution in [3.63, 3.8) is 0 Å². The quantitative estimate of drug-likeness (QED) is 0.517. The van der Waals surface area contributed by atoms with Crippen molar-refractivity contribution >= 4 is 17.9 Å². The molecular formula is C20H17F2NO6. The summed E-state index contributed by atoms with van der Waals surface area (Å²) in [6.45, 7) is -3.06. The lowest BCUT2D eigenvalue weighted by atomic mass is 10.1. The Bertz CT molecular complexity index is 962. The van der Waals surface area contributed by atoms with Gasteiger partial charge in [0, 0.05) is 0 Å². The van der Waals surface area contributed by atoms with Crippen LogP contribution in [0.2, 0.25) is 0 Å². The molecule has 0 spiro atoms. The molecule has 0 saturated heterocycles. The Morgan fingerprint density at radius 1 is 1.00 bits per heavy atom. The number of hydrogen-bond acceptors (Lipinski definition) is 7. The molecule has 29 heavy (non-hydrogen) atoms. The van der Waals surface area contributed by atoms with Gasteiger partial charge in [-0.15, -0.1) is 0 Å². The molecule has 1 heterocycles. The third kappa shape index (κ3) is 4.29. The SMILES string of the molecule is COc1ccccc1C1=N/C(=C\c2cc(OC)c(OC(F)F)c(OC)c2)C(=O)O1. The molecule has 0 aliphatic carbocycles. The molecule has 0 unspecified atom stereocenters. The molecule has 0 bridgehead atoms. The maximum Gasteiger partial charge on any atom is 0.387 e. The average Bonchev–Trinajstić information content (AvgIpc) is 3.08. The lowest BCUT2D eigenvalue weighted by Gasteiger charge is -2.14. The van der Waals surface area contributed by atoms with E-state index in [1.165, 1.54) is 39.5 Å². The Balaban J connectivity index is 2.01. The molecule has 3 rings (SSSR count). The number of ether oxygens (including phenoxy) is 5. The predicted octanol–water partition coefficient (Wildman–Crippen LogP) is 3.66. The number of rotatable bonds is 7. The summed E-state index contributed by atoms with van der Waals surface area (Å²) in [5.74, 6) is -0.308. The van der Waals surface area contributed by atoms with Gasteiger partial charge < -0.3 is 23.7 Å². The highest BCUT2D eigenvalue weighted by atomic mass is 19.3. The first-order valence-electron chi connectivity index (χ1n) is 8.33. The summed E-state index contributed by atoms with van der Waals surface area (Å²) < 4.78 is 50.5. The Hall–Kier alpha value is -3.62. The van der Waals surface area contributed by atoms with Gasteiger partial charge >= 0.3 is 12.6 Å². The number of para-hydroxylation sites is 1. The molecule has 1 aliphatic rings. The Morgan fingerprint density at radius 3 is 2.21 bits per heavy atom. The van der Waals surface area contributed by atoms with E-state index in [0.717, 1.165) is 0 Å². The molecule has 9 heteroatoms.